The molecule has 0 unspecified atom stereocenters. The van der Waals surface area contributed by atoms with Gasteiger partial charge in [0, 0.05) is 43.5 Å². The number of hydrogen-bond acceptors (Lipinski definition) is 8. The monoisotopic (exact) mass is 445 g/mol. The van der Waals surface area contributed by atoms with Gasteiger partial charge in [0.25, 0.3) is 0 Å². The third-order valence-electron chi connectivity index (χ3n) is 4.78. The van der Waals surface area contributed by atoms with Crippen molar-refractivity contribution in [3.05, 3.63) is 42.2 Å². The van der Waals surface area contributed by atoms with Gasteiger partial charge in [-0.1, -0.05) is 35.7 Å². The smallest absolute Gasteiger partial charge is 0.410 e. The summed E-state index contributed by atoms with van der Waals surface area (Å²) in [6.45, 7) is 1.34. The minimum atomic E-state index is -0.292. The second-order valence-electron chi connectivity index (χ2n) is 6.89. The molecular weight excluding hydrogens is 422 g/mol. The number of hydrogen-bond donors (Lipinski definition) is 1. The van der Waals surface area contributed by atoms with E-state index in [2.05, 4.69) is 25.5 Å². The Labute approximate surface area is 183 Å². The summed E-state index contributed by atoms with van der Waals surface area (Å²) >= 11 is 3.35. The van der Waals surface area contributed by atoms with Gasteiger partial charge in [-0.25, -0.2) is 14.5 Å². The van der Waals surface area contributed by atoms with Crippen LogP contribution < -0.4 is 4.74 Å². The molecule has 0 atom stereocenters. The molecule has 3 heterocycles. The number of imidazole rings is 1. The number of nitrogens with zero attached hydrogens (tertiary/aromatic N) is 6. The molecule has 9 nitrogen and oxygen atoms in total. The van der Waals surface area contributed by atoms with Crippen molar-refractivity contribution in [3.63, 3.8) is 0 Å². The van der Waals surface area contributed by atoms with Gasteiger partial charge in [0.1, 0.15) is 5.75 Å². The highest BCUT2D eigenvalue weighted by molar-refractivity contribution is 7.99. The Morgan fingerprint density at radius 1 is 1.27 bits per heavy atom. The van der Waals surface area contributed by atoms with E-state index in [9.17, 15) is 4.79 Å². The van der Waals surface area contributed by atoms with Crippen molar-refractivity contribution in [1.29, 1.82) is 0 Å². The van der Waals surface area contributed by atoms with Crippen LogP contribution >= 0.6 is 23.5 Å². The highest BCUT2D eigenvalue weighted by Crippen LogP contribution is 2.28. The second kappa shape index (κ2) is 9.98. The summed E-state index contributed by atoms with van der Waals surface area (Å²) in [6.07, 6.45) is 5.98. The predicted octanol–water partition coefficient (Wildman–Crippen LogP) is 3.02. The van der Waals surface area contributed by atoms with E-state index in [1.165, 1.54) is 5.56 Å². The molecule has 30 heavy (non-hydrogen) atoms. The van der Waals surface area contributed by atoms with Crippen LogP contribution in [-0.2, 0) is 13.5 Å². The average Bonchev–Trinajstić information content (AvgIpc) is 3.42. The molecule has 0 spiro atoms. The first kappa shape index (κ1) is 20.7. The SMILES string of the molecule is Cn1nnnc1SC1CCN(C(=O)Oc2ccc(CCSc3ncc[nH]3)cc2)CC1. The molecule has 4 rings (SSSR count). The van der Waals surface area contributed by atoms with E-state index in [1.54, 1.807) is 39.3 Å². The molecule has 11 heteroatoms. The normalized spacial score (nSPS) is 14.8. The van der Waals surface area contributed by atoms with Crippen molar-refractivity contribution in [2.45, 2.75) is 34.8 Å². The van der Waals surface area contributed by atoms with Crippen LogP contribution in [-0.4, -0.2) is 65.3 Å². The summed E-state index contributed by atoms with van der Waals surface area (Å²) < 4.78 is 7.23. The van der Waals surface area contributed by atoms with Crippen molar-refractivity contribution in [2.24, 2.45) is 7.05 Å². The van der Waals surface area contributed by atoms with Gasteiger partial charge in [0.2, 0.25) is 5.16 Å². The number of amides is 1. The first-order chi connectivity index (χ1) is 14.7. The minimum Gasteiger partial charge on any atom is -0.410 e. The quantitative estimate of drug-likeness (QED) is 0.554. The number of carbonyl (C=O) groups excluding carboxylic acids is 1. The van der Waals surface area contributed by atoms with E-state index < -0.39 is 0 Å². The summed E-state index contributed by atoms with van der Waals surface area (Å²) in [4.78, 5) is 21.5. The Bertz CT molecular complexity index is 938. The molecule has 1 amide bonds. The Balaban J connectivity index is 1.20. The zero-order chi connectivity index (χ0) is 20.8. The Morgan fingerprint density at radius 2 is 2.07 bits per heavy atom. The Kier molecular flexibility index (Phi) is 6.90. The van der Waals surface area contributed by atoms with Crippen LogP contribution in [0.15, 0.2) is 47.0 Å². The van der Waals surface area contributed by atoms with Gasteiger partial charge in [-0.15, -0.1) is 5.10 Å². The first-order valence-electron chi connectivity index (χ1n) is 9.74. The molecule has 1 aliphatic rings. The van der Waals surface area contributed by atoms with Crippen molar-refractivity contribution >= 4 is 29.6 Å². The number of aromatic nitrogens is 6. The van der Waals surface area contributed by atoms with Crippen molar-refractivity contribution in [1.82, 2.24) is 35.1 Å². The highest BCUT2D eigenvalue weighted by Gasteiger charge is 2.26. The van der Waals surface area contributed by atoms with Crippen LogP contribution in [0.4, 0.5) is 4.79 Å². The standard InChI is InChI=1S/C19H23N7O2S2/c1-25-18(22-23-24-25)30-16-6-11-26(12-7-16)19(27)28-15-4-2-14(3-5-15)8-13-29-17-20-9-10-21-17/h2-5,9-10,16H,6-8,11-13H2,1H3,(H,20,21). The number of H-pyrrole nitrogens is 1. The predicted molar refractivity (Wildman–Crippen MR) is 115 cm³/mol. The van der Waals surface area contributed by atoms with E-state index in [4.69, 9.17) is 4.74 Å². The minimum absolute atomic E-state index is 0.292. The summed E-state index contributed by atoms with van der Waals surface area (Å²) in [7, 11) is 1.83. The van der Waals surface area contributed by atoms with Gasteiger partial charge in [-0.2, -0.15) is 0 Å². The van der Waals surface area contributed by atoms with E-state index in [0.29, 0.717) is 24.1 Å². The van der Waals surface area contributed by atoms with Crippen LogP contribution in [0.3, 0.4) is 0 Å². The summed E-state index contributed by atoms with van der Waals surface area (Å²) in [5, 5.41) is 13.7. The summed E-state index contributed by atoms with van der Waals surface area (Å²) in [6, 6.07) is 7.72. The number of thioether (sulfide) groups is 2. The molecule has 2 aromatic heterocycles. The van der Waals surface area contributed by atoms with E-state index in [0.717, 1.165) is 35.3 Å². The summed E-state index contributed by atoms with van der Waals surface area (Å²) in [5.41, 5.74) is 1.20. The number of ether oxygens (including phenoxy) is 1. The van der Waals surface area contributed by atoms with Crippen LogP contribution in [0.5, 0.6) is 5.75 Å². The lowest BCUT2D eigenvalue weighted by Crippen LogP contribution is -2.41. The molecule has 0 bridgehead atoms. The molecule has 1 saturated heterocycles. The highest BCUT2D eigenvalue weighted by atomic mass is 32.2. The molecule has 3 aromatic rings. The molecule has 158 valence electrons. The molecule has 1 aromatic carbocycles. The number of aryl methyl sites for hydroxylation is 2. The summed E-state index contributed by atoms with van der Waals surface area (Å²) in [5.74, 6) is 1.51. The fourth-order valence-electron chi connectivity index (χ4n) is 3.11. The van der Waals surface area contributed by atoms with Crippen molar-refractivity contribution < 1.29 is 9.53 Å². The van der Waals surface area contributed by atoms with Gasteiger partial charge in [0.05, 0.1) is 0 Å². The number of likely N-dealkylation sites (tertiary alicyclic amines) is 1. The van der Waals surface area contributed by atoms with Crippen molar-refractivity contribution in [2.75, 3.05) is 18.8 Å². The number of tetrazole rings is 1. The average molecular weight is 446 g/mol. The van der Waals surface area contributed by atoms with Gasteiger partial charge in [0.15, 0.2) is 5.16 Å². The molecule has 1 N–H and O–H groups in total. The Morgan fingerprint density at radius 3 is 2.73 bits per heavy atom. The lowest BCUT2D eigenvalue weighted by molar-refractivity contribution is 0.143. The number of carbonyl (C=O) groups is 1. The van der Waals surface area contributed by atoms with Gasteiger partial charge in [-0.05, 0) is 47.4 Å². The number of piperidine rings is 1. The number of benzene rings is 1. The Hall–Kier alpha value is -2.53. The zero-order valence-electron chi connectivity index (χ0n) is 16.6. The van der Waals surface area contributed by atoms with E-state index in [1.807, 2.05) is 37.5 Å². The number of rotatable bonds is 7. The van der Waals surface area contributed by atoms with Crippen LogP contribution in [0.2, 0.25) is 0 Å². The fourth-order valence-corrected chi connectivity index (χ4v) is 4.95. The van der Waals surface area contributed by atoms with Crippen LogP contribution in [0.25, 0.3) is 0 Å². The van der Waals surface area contributed by atoms with Crippen LogP contribution in [0.1, 0.15) is 18.4 Å². The van der Waals surface area contributed by atoms with Gasteiger partial charge < -0.3 is 14.6 Å². The largest absolute Gasteiger partial charge is 0.415 e. The third-order valence-corrected chi connectivity index (χ3v) is 7.05. The topological polar surface area (TPSA) is 102 Å². The fraction of sp³-hybridized carbons (Fsp3) is 0.421. The molecule has 0 saturated carbocycles. The van der Waals surface area contributed by atoms with Gasteiger partial charge >= 0.3 is 6.09 Å². The molecule has 0 aliphatic carbocycles. The van der Waals surface area contributed by atoms with Crippen LogP contribution in [0, 0.1) is 0 Å². The number of nitrogens with one attached hydrogen (secondary N) is 1. The molecule has 1 aliphatic heterocycles. The van der Waals surface area contributed by atoms with E-state index >= 15 is 0 Å². The maximum absolute atomic E-state index is 12.5. The maximum Gasteiger partial charge on any atom is 0.415 e. The van der Waals surface area contributed by atoms with Gasteiger partial charge in [-0.3, -0.25) is 0 Å². The molecule has 1 fully saturated rings. The zero-order valence-corrected chi connectivity index (χ0v) is 18.2. The lowest BCUT2D eigenvalue weighted by Gasteiger charge is -2.30. The second-order valence-corrected chi connectivity index (χ2v) is 9.25. The maximum atomic E-state index is 12.5. The molecule has 0 radical (unpaired) electrons. The first-order valence-corrected chi connectivity index (χ1v) is 11.6. The lowest BCUT2D eigenvalue weighted by atomic mass is 10.1. The third kappa shape index (κ3) is 5.54. The molecular formula is C19H23N7O2S2. The number of aromatic amines is 1. The van der Waals surface area contributed by atoms with E-state index in [-0.39, 0.29) is 6.09 Å². The van der Waals surface area contributed by atoms with Crippen molar-refractivity contribution in [3.8, 4) is 5.75 Å².